The summed E-state index contributed by atoms with van der Waals surface area (Å²) in [6.45, 7) is 7.75. The van der Waals surface area contributed by atoms with E-state index >= 15 is 0 Å². The number of nitrogen functional groups attached to an aromatic ring is 1. The number of nitrogens with one attached hydrogen (secondary N) is 1. The summed E-state index contributed by atoms with van der Waals surface area (Å²) in [5, 5.41) is 2.83. The topological polar surface area (TPSA) is 63.8 Å². The van der Waals surface area contributed by atoms with Crippen molar-refractivity contribution in [3.63, 3.8) is 0 Å². The summed E-state index contributed by atoms with van der Waals surface area (Å²) in [6.07, 6.45) is -3.13. The monoisotopic (exact) mass is 276 g/mol. The van der Waals surface area contributed by atoms with Crippen molar-refractivity contribution in [1.82, 2.24) is 9.97 Å². The average Bonchev–Trinajstić information content (AvgIpc) is 2.22. The van der Waals surface area contributed by atoms with Gasteiger partial charge < -0.3 is 11.1 Å². The Labute approximate surface area is 110 Å². The predicted octanol–water partition coefficient (Wildman–Crippen LogP) is 3.31. The summed E-state index contributed by atoms with van der Waals surface area (Å²) in [5.41, 5.74) is 4.27. The molecule has 0 unspecified atom stereocenters. The molecule has 0 aromatic carbocycles. The minimum atomic E-state index is -4.51. The molecule has 0 saturated heterocycles. The van der Waals surface area contributed by atoms with Gasteiger partial charge in [-0.25, -0.2) is 4.98 Å². The van der Waals surface area contributed by atoms with Crippen LogP contribution in [0, 0.1) is 5.41 Å². The normalized spacial score (nSPS) is 14.3. The van der Waals surface area contributed by atoms with Gasteiger partial charge in [-0.2, -0.15) is 18.2 Å². The summed E-state index contributed by atoms with van der Waals surface area (Å²) < 4.78 is 38.6. The molecule has 1 rings (SSSR count). The summed E-state index contributed by atoms with van der Waals surface area (Å²) in [5.74, 6) is -0.443. The van der Waals surface area contributed by atoms with Gasteiger partial charge in [0.2, 0.25) is 5.95 Å². The summed E-state index contributed by atoms with van der Waals surface area (Å²) in [6, 6.07) is -0.150. The second kappa shape index (κ2) is 5.22. The highest BCUT2D eigenvalue weighted by molar-refractivity contribution is 5.48. The largest absolute Gasteiger partial charge is 0.421 e. The van der Waals surface area contributed by atoms with Crippen LogP contribution in [0.3, 0.4) is 0 Å². The number of anilines is 2. The molecular weight excluding hydrogens is 257 g/mol. The molecule has 19 heavy (non-hydrogen) atoms. The summed E-state index contributed by atoms with van der Waals surface area (Å²) in [7, 11) is 0. The molecule has 0 fully saturated rings. The molecule has 0 aliphatic carbocycles. The van der Waals surface area contributed by atoms with Crippen molar-refractivity contribution >= 4 is 11.8 Å². The molecule has 0 bridgehead atoms. The third-order valence-electron chi connectivity index (χ3n) is 2.88. The second-order valence-electron chi connectivity index (χ2n) is 5.46. The van der Waals surface area contributed by atoms with Gasteiger partial charge >= 0.3 is 6.18 Å². The number of nitrogens with zero attached hydrogens (tertiary/aromatic N) is 2. The van der Waals surface area contributed by atoms with Gasteiger partial charge in [-0.3, -0.25) is 0 Å². The zero-order valence-electron chi connectivity index (χ0n) is 11.5. The van der Waals surface area contributed by atoms with Gasteiger partial charge in [-0.05, 0) is 11.8 Å². The fourth-order valence-electron chi connectivity index (χ4n) is 1.81. The van der Waals surface area contributed by atoms with E-state index < -0.39 is 11.7 Å². The van der Waals surface area contributed by atoms with Crippen LogP contribution >= 0.6 is 0 Å². The first kappa shape index (κ1) is 15.5. The number of hydrogen-bond acceptors (Lipinski definition) is 4. The SMILES string of the molecule is CC[C@@H](Nc1nc(N)ncc1C(F)(F)F)C(C)(C)C. The molecule has 0 saturated carbocycles. The number of alkyl halides is 3. The first-order valence-electron chi connectivity index (χ1n) is 6.02. The van der Waals surface area contributed by atoms with Crippen LogP contribution < -0.4 is 11.1 Å². The smallest absolute Gasteiger partial charge is 0.368 e. The Bertz CT molecular complexity index is 438. The molecule has 0 amide bonds. The lowest BCUT2D eigenvalue weighted by molar-refractivity contribution is -0.137. The minimum absolute atomic E-state index is 0.150. The maximum absolute atomic E-state index is 12.9. The Kier molecular flexibility index (Phi) is 4.27. The first-order chi connectivity index (χ1) is 8.55. The predicted molar refractivity (Wildman–Crippen MR) is 68.6 cm³/mol. The number of halogens is 3. The van der Waals surface area contributed by atoms with E-state index in [4.69, 9.17) is 5.73 Å². The van der Waals surface area contributed by atoms with Gasteiger partial charge in [-0.15, -0.1) is 0 Å². The van der Waals surface area contributed by atoms with Crippen LogP contribution in [-0.4, -0.2) is 16.0 Å². The van der Waals surface area contributed by atoms with Crippen LogP contribution in [0.4, 0.5) is 24.9 Å². The molecule has 1 heterocycles. The Balaban J connectivity index is 3.15. The van der Waals surface area contributed by atoms with E-state index in [0.717, 1.165) is 0 Å². The zero-order valence-corrected chi connectivity index (χ0v) is 11.5. The van der Waals surface area contributed by atoms with Gasteiger partial charge in [0.15, 0.2) is 0 Å². The Morgan fingerprint density at radius 1 is 1.32 bits per heavy atom. The molecule has 0 radical (unpaired) electrons. The van der Waals surface area contributed by atoms with E-state index in [9.17, 15) is 13.2 Å². The van der Waals surface area contributed by atoms with Gasteiger partial charge in [0, 0.05) is 12.2 Å². The van der Waals surface area contributed by atoms with Crippen molar-refractivity contribution in [2.24, 2.45) is 5.41 Å². The summed E-state index contributed by atoms with van der Waals surface area (Å²) in [4.78, 5) is 7.08. The molecule has 1 atom stereocenters. The maximum atomic E-state index is 12.9. The molecule has 0 spiro atoms. The Hall–Kier alpha value is -1.53. The molecule has 1 aromatic heterocycles. The fraction of sp³-hybridized carbons (Fsp3) is 0.667. The van der Waals surface area contributed by atoms with Crippen LogP contribution in [-0.2, 0) is 6.18 Å². The standard InChI is InChI=1S/C12H19F3N4/c1-5-8(11(2,3)4)18-9-7(12(13,14)15)6-17-10(16)19-9/h6,8H,5H2,1-4H3,(H3,16,17,18,19)/t8-/m1/s1. The number of hydrogen-bond donors (Lipinski definition) is 2. The highest BCUT2D eigenvalue weighted by Crippen LogP contribution is 2.35. The van der Waals surface area contributed by atoms with Gasteiger partial charge in [0.25, 0.3) is 0 Å². The fourth-order valence-corrected chi connectivity index (χ4v) is 1.81. The zero-order chi connectivity index (χ0) is 14.8. The van der Waals surface area contributed by atoms with Crippen LogP contribution in [0.25, 0.3) is 0 Å². The number of rotatable bonds is 3. The quantitative estimate of drug-likeness (QED) is 0.889. The molecule has 108 valence electrons. The van der Waals surface area contributed by atoms with Gasteiger partial charge in [-0.1, -0.05) is 27.7 Å². The number of nitrogens with two attached hydrogens (primary N) is 1. The molecule has 0 aliphatic rings. The highest BCUT2D eigenvalue weighted by Gasteiger charge is 2.36. The number of aromatic nitrogens is 2. The molecule has 7 heteroatoms. The van der Waals surface area contributed by atoms with E-state index in [1.807, 2.05) is 27.7 Å². The maximum Gasteiger partial charge on any atom is 0.421 e. The van der Waals surface area contributed by atoms with Crippen molar-refractivity contribution in [3.05, 3.63) is 11.8 Å². The van der Waals surface area contributed by atoms with E-state index in [1.54, 1.807) is 0 Å². The van der Waals surface area contributed by atoms with Crippen LogP contribution in [0.2, 0.25) is 0 Å². The van der Waals surface area contributed by atoms with E-state index in [2.05, 4.69) is 15.3 Å². The molecule has 3 N–H and O–H groups in total. The van der Waals surface area contributed by atoms with Crippen molar-refractivity contribution in [3.8, 4) is 0 Å². The minimum Gasteiger partial charge on any atom is -0.368 e. The second-order valence-corrected chi connectivity index (χ2v) is 5.46. The van der Waals surface area contributed by atoms with E-state index in [1.165, 1.54) is 0 Å². The van der Waals surface area contributed by atoms with Crippen molar-refractivity contribution < 1.29 is 13.2 Å². The van der Waals surface area contributed by atoms with Crippen LogP contribution in [0.1, 0.15) is 39.7 Å². The van der Waals surface area contributed by atoms with Crippen molar-refractivity contribution in [1.29, 1.82) is 0 Å². The lowest BCUT2D eigenvalue weighted by atomic mass is 9.85. The highest BCUT2D eigenvalue weighted by atomic mass is 19.4. The Morgan fingerprint density at radius 3 is 2.32 bits per heavy atom. The van der Waals surface area contributed by atoms with Gasteiger partial charge in [0.1, 0.15) is 11.4 Å². The van der Waals surface area contributed by atoms with Crippen molar-refractivity contribution in [2.75, 3.05) is 11.1 Å². The molecule has 4 nitrogen and oxygen atoms in total. The third kappa shape index (κ3) is 3.97. The molecule has 0 aliphatic heterocycles. The lowest BCUT2D eigenvalue weighted by Crippen LogP contribution is -2.34. The average molecular weight is 276 g/mol. The first-order valence-corrected chi connectivity index (χ1v) is 6.02. The van der Waals surface area contributed by atoms with Crippen LogP contribution in [0.15, 0.2) is 6.20 Å². The summed E-state index contributed by atoms with van der Waals surface area (Å²) >= 11 is 0. The van der Waals surface area contributed by atoms with Gasteiger partial charge in [0.05, 0.1) is 0 Å². The molecular formula is C12H19F3N4. The lowest BCUT2D eigenvalue weighted by Gasteiger charge is -2.31. The van der Waals surface area contributed by atoms with Crippen molar-refractivity contribution in [2.45, 2.75) is 46.3 Å². The third-order valence-corrected chi connectivity index (χ3v) is 2.88. The Morgan fingerprint density at radius 2 is 1.89 bits per heavy atom. The van der Waals surface area contributed by atoms with Crippen LogP contribution in [0.5, 0.6) is 0 Å². The molecule has 1 aromatic rings. The van der Waals surface area contributed by atoms with E-state index in [0.29, 0.717) is 12.6 Å². The van der Waals surface area contributed by atoms with E-state index in [-0.39, 0.29) is 23.2 Å².